The van der Waals surface area contributed by atoms with Crippen LogP contribution in [0.15, 0.2) is 11.1 Å². The quantitative estimate of drug-likeness (QED) is 0.627. The summed E-state index contributed by atoms with van der Waals surface area (Å²) in [6.07, 6.45) is 3.07. The van der Waals surface area contributed by atoms with Crippen molar-refractivity contribution in [3.8, 4) is 0 Å². The van der Waals surface area contributed by atoms with Crippen LogP contribution in [0.4, 0.5) is 0 Å². The molecular weight excluding hydrogens is 378 g/mol. The van der Waals surface area contributed by atoms with Gasteiger partial charge in [-0.2, -0.15) is 0 Å². The molecule has 0 aliphatic rings. The van der Waals surface area contributed by atoms with Gasteiger partial charge in [0.05, 0.1) is 18.3 Å². The molecule has 0 N–H and O–H groups in total. The molecule has 8 heteroatoms. The molecule has 2 aromatic rings. The smallest absolute Gasteiger partial charge is 0.348 e. The highest BCUT2D eigenvalue weighted by atomic mass is 32.1. The number of rotatable bonds is 8. The molecule has 0 bridgehead atoms. The number of carbonyl (C=O) groups is 2. The number of hydrogen-bond donors (Lipinski definition) is 0. The second-order valence-corrected chi connectivity index (χ2v) is 7.95. The minimum absolute atomic E-state index is 0.0690. The van der Waals surface area contributed by atoms with Crippen LogP contribution in [-0.4, -0.2) is 45.0 Å². The summed E-state index contributed by atoms with van der Waals surface area (Å²) in [6.45, 7) is 11.8. The average molecular weight is 408 g/mol. The average Bonchev–Trinajstić information content (AvgIpc) is 3.01. The van der Waals surface area contributed by atoms with Crippen LogP contribution in [0.2, 0.25) is 0 Å². The van der Waals surface area contributed by atoms with Crippen molar-refractivity contribution >= 4 is 33.4 Å². The molecule has 0 aliphatic heterocycles. The molecule has 0 spiro atoms. The number of hydrogen-bond acceptors (Lipinski definition) is 6. The van der Waals surface area contributed by atoms with E-state index in [4.69, 9.17) is 4.74 Å². The highest BCUT2D eigenvalue weighted by Crippen LogP contribution is 2.27. The van der Waals surface area contributed by atoms with Gasteiger partial charge in [-0.1, -0.05) is 13.8 Å². The molecule has 2 rings (SSSR count). The van der Waals surface area contributed by atoms with Crippen molar-refractivity contribution in [2.45, 2.75) is 73.0 Å². The Morgan fingerprint density at radius 1 is 1.21 bits per heavy atom. The number of thiophene rings is 1. The number of nitrogens with zero attached hydrogens (tertiary/aromatic N) is 3. The molecule has 0 saturated heterocycles. The Kier molecular flexibility index (Phi) is 7.35. The minimum atomic E-state index is -0.454. The van der Waals surface area contributed by atoms with E-state index in [2.05, 4.69) is 4.98 Å². The maximum absolute atomic E-state index is 13.0. The Morgan fingerprint density at radius 3 is 2.36 bits per heavy atom. The van der Waals surface area contributed by atoms with E-state index in [9.17, 15) is 14.4 Å². The van der Waals surface area contributed by atoms with Crippen molar-refractivity contribution in [1.82, 2.24) is 14.5 Å². The highest BCUT2D eigenvalue weighted by Gasteiger charge is 2.25. The Labute approximate surface area is 169 Å². The number of carbonyl (C=O) groups excluding carboxylic acids is 2. The molecule has 0 aliphatic carbocycles. The van der Waals surface area contributed by atoms with Crippen LogP contribution in [0.3, 0.4) is 0 Å². The van der Waals surface area contributed by atoms with Crippen LogP contribution in [-0.2, 0) is 16.1 Å². The van der Waals surface area contributed by atoms with Gasteiger partial charge in [0.1, 0.15) is 16.3 Å². The summed E-state index contributed by atoms with van der Waals surface area (Å²) in [5.74, 6) is -0.560. The van der Waals surface area contributed by atoms with Crippen molar-refractivity contribution < 1.29 is 14.3 Å². The number of esters is 1. The zero-order chi connectivity index (χ0) is 21.0. The lowest BCUT2D eigenvalue weighted by molar-refractivity contribution is -0.136. The Morgan fingerprint density at radius 2 is 1.82 bits per heavy atom. The number of amides is 1. The topological polar surface area (TPSA) is 81.5 Å². The minimum Gasteiger partial charge on any atom is -0.462 e. The van der Waals surface area contributed by atoms with Gasteiger partial charge in [-0.3, -0.25) is 14.2 Å². The van der Waals surface area contributed by atoms with Crippen molar-refractivity contribution in [1.29, 1.82) is 0 Å². The van der Waals surface area contributed by atoms with Crippen LogP contribution in [0.1, 0.15) is 62.7 Å². The molecule has 0 aromatic carbocycles. The van der Waals surface area contributed by atoms with Crippen molar-refractivity contribution in [3.63, 3.8) is 0 Å². The Hall–Kier alpha value is -2.22. The van der Waals surface area contributed by atoms with E-state index in [0.717, 1.165) is 24.2 Å². The fourth-order valence-corrected chi connectivity index (χ4v) is 4.24. The van der Waals surface area contributed by atoms with Crippen LogP contribution in [0, 0.1) is 6.92 Å². The normalized spacial score (nSPS) is 13.4. The predicted octanol–water partition coefficient (Wildman–Crippen LogP) is 3.37. The zero-order valence-electron chi connectivity index (χ0n) is 17.4. The van der Waals surface area contributed by atoms with Crippen molar-refractivity contribution in [3.05, 3.63) is 27.1 Å². The van der Waals surface area contributed by atoms with Crippen molar-refractivity contribution in [2.24, 2.45) is 0 Å². The van der Waals surface area contributed by atoms with E-state index in [1.165, 1.54) is 10.9 Å². The van der Waals surface area contributed by atoms with Gasteiger partial charge in [-0.25, -0.2) is 9.78 Å². The molecular formula is C20H29N3O4S. The fourth-order valence-electron chi connectivity index (χ4n) is 3.21. The third-order valence-corrected chi connectivity index (χ3v) is 6.28. The van der Waals surface area contributed by atoms with Gasteiger partial charge in [0.2, 0.25) is 5.91 Å². The maximum Gasteiger partial charge on any atom is 0.348 e. The molecule has 1 amide bonds. The first kappa shape index (κ1) is 22.1. The molecule has 0 radical (unpaired) electrons. The number of fused-ring (bicyclic) bond motifs is 1. The summed E-state index contributed by atoms with van der Waals surface area (Å²) in [4.78, 5) is 45.1. The molecule has 154 valence electrons. The lowest BCUT2D eigenvalue weighted by Gasteiger charge is -2.34. The Bertz CT molecular complexity index is 908. The summed E-state index contributed by atoms with van der Waals surface area (Å²) in [6, 6.07) is 0.182. The molecule has 7 nitrogen and oxygen atoms in total. The first-order chi connectivity index (χ1) is 13.3. The lowest BCUT2D eigenvalue weighted by atomic mass is 10.1. The summed E-state index contributed by atoms with van der Waals surface area (Å²) in [7, 11) is 0. The molecule has 0 saturated carbocycles. The first-order valence-electron chi connectivity index (χ1n) is 9.73. The number of aryl methyl sites for hydroxylation is 1. The number of aromatic nitrogens is 2. The first-order valence-corrected chi connectivity index (χ1v) is 10.5. The van der Waals surface area contributed by atoms with E-state index < -0.39 is 5.97 Å². The van der Waals surface area contributed by atoms with E-state index in [-0.39, 0.29) is 36.7 Å². The molecule has 2 atom stereocenters. The predicted molar refractivity (Wildman–Crippen MR) is 111 cm³/mol. The van der Waals surface area contributed by atoms with E-state index in [1.54, 1.807) is 13.8 Å². The van der Waals surface area contributed by atoms with Crippen LogP contribution < -0.4 is 5.56 Å². The van der Waals surface area contributed by atoms with E-state index >= 15 is 0 Å². The number of ether oxygens (including phenoxy) is 1. The van der Waals surface area contributed by atoms with Crippen molar-refractivity contribution in [2.75, 3.05) is 6.61 Å². The van der Waals surface area contributed by atoms with Gasteiger partial charge in [0.25, 0.3) is 5.56 Å². The second-order valence-electron chi connectivity index (χ2n) is 6.95. The van der Waals surface area contributed by atoms with Gasteiger partial charge in [0.15, 0.2) is 0 Å². The van der Waals surface area contributed by atoms with Crippen LogP contribution >= 0.6 is 11.3 Å². The third-order valence-electron chi connectivity index (χ3n) is 5.10. The summed E-state index contributed by atoms with van der Waals surface area (Å²) < 4.78 is 6.39. The van der Waals surface area contributed by atoms with Gasteiger partial charge in [0, 0.05) is 12.1 Å². The second kappa shape index (κ2) is 9.32. The maximum atomic E-state index is 13.0. The molecule has 0 fully saturated rings. The van der Waals surface area contributed by atoms with Gasteiger partial charge in [-0.15, -0.1) is 11.3 Å². The van der Waals surface area contributed by atoms with Crippen LogP contribution in [0.25, 0.3) is 10.2 Å². The van der Waals surface area contributed by atoms with Gasteiger partial charge >= 0.3 is 5.97 Å². The third kappa shape index (κ3) is 4.27. The highest BCUT2D eigenvalue weighted by molar-refractivity contribution is 7.20. The van der Waals surface area contributed by atoms with Crippen LogP contribution in [0.5, 0.6) is 0 Å². The van der Waals surface area contributed by atoms with Gasteiger partial charge < -0.3 is 9.64 Å². The largest absolute Gasteiger partial charge is 0.462 e. The molecule has 28 heavy (non-hydrogen) atoms. The summed E-state index contributed by atoms with van der Waals surface area (Å²) >= 11 is 1.14. The molecule has 2 aromatic heterocycles. The van der Waals surface area contributed by atoms with E-state index in [0.29, 0.717) is 20.7 Å². The van der Waals surface area contributed by atoms with Gasteiger partial charge in [-0.05, 0) is 46.1 Å². The van der Waals surface area contributed by atoms with E-state index in [1.807, 2.05) is 32.6 Å². The summed E-state index contributed by atoms with van der Waals surface area (Å²) in [5, 5.41) is 0.377. The summed E-state index contributed by atoms with van der Waals surface area (Å²) in [5.41, 5.74) is 0.245. The fraction of sp³-hybridized carbons (Fsp3) is 0.600. The monoisotopic (exact) mass is 407 g/mol. The lowest BCUT2D eigenvalue weighted by Crippen LogP contribution is -2.46. The SMILES string of the molecule is CCOC(=O)c1sc2ncn(CC(=O)N([C@H](C)CC)[C@H](C)CC)c(=O)c2c1C. The molecule has 0 unspecified atom stereocenters. The standard InChI is InChI=1S/C20H29N3O4S/c1-7-12(4)23(13(5)8-2)15(24)10-22-11-21-18-16(19(22)25)14(6)17(28-18)20(26)27-9-3/h11-13H,7-10H2,1-6H3/t12-,13-/m1/s1. The molecule has 2 heterocycles. The Balaban J connectivity index is 2.41. The zero-order valence-corrected chi connectivity index (χ0v) is 18.3.